The molecule has 0 saturated heterocycles. The van der Waals surface area contributed by atoms with Crippen LogP contribution in [0.5, 0.6) is 5.75 Å². The molecule has 1 aliphatic rings. The maximum Gasteiger partial charge on any atom is 0.125 e. The summed E-state index contributed by atoms with van der Waals surface area (Å²) in [6, 6.07) is 6.74. The molecule has 2 atom stereocenters. The second kappa shape index (κ2) is 5.40. The van der Waals surface area contributed by atoms with Crippen LogP contribution in [0.3, 0.4) is 0 Å². The number of hydrogen-bond acceptors (Lipinski definition) is 2. The number of benzene rings is 1. The smallest absolute Gasteiger partial charge is 0.125 e. The summed E-state index contributed by atoms with van der Waals surface area (Å²) in [4.78, 5) is 0. The fourth-order valence-corrected chi connectivity index (χ4v) is 2.66. The molecule has 3 heteroatoms. The van der Waals surface area contributed by atoms with Crippen LogP contribution in [-0.4, -0.2) is 12.6 Å². The molecular formula is C14H20BrNO. The summed E-state index contributed by atoms with van der Waals surface area (Å²) in [5, 5.41) is 3.55. The van der Waals surface area contributed by atoms with Crippen molar-refractivity contribution in [2.45, 2.75) is 39.3 Å². The standard InChI is InChI=1S/C14H20BrNO/c1-4-16-12-8-13(9(2)3)17-14-7-10(15)5-6-11(12)14/h5-7,9,12-13,16H,4,8H2,1-3H3. The van der Waals surface area contributed by atoms with Crippen molar-refractivity contribution in [1.29, 1.82) is 0 Å². The topological polar surface area (TPSA) is 21.3 Å². The van der Waals surface area contributed by atoms with Crippen LogP contribution in [0.1, 0.15) is 38.8 Å². The molecule has 1 heterocycles. The van der Waals surface area contributed by atoms with Crippen molar-refractivity contribution >= 4 is 15.9 Å². The first-order valence-electron chi connectivity index (χ1n) is 6.31. The molecule has 17 heavy (non-hydrogen) atoms. The summed E-state index contributed by atoms with van der Waals surface area (Å²) >= 11 is 3.51. The first-order chi connectivity index (χ1) is 8.11. The van der Waals surface area contributed by atoms with Gasteiger partial charge in [0.05, 0.1) is 0 Å². The van der Waals surface area contributed by atoms with Gasteiger partial charge in [-0.25, -0.2) is 0 Å². The van der Waals surface area contributed by atoms with Gasteiger partial charge in [-0.3, -0.25) is 0 Å². The van der Waals surface area contributed by atoms with Crippen LogP contribution in [0.4, 0.5) is 0 Å². The predicted molar refractivity (Wildman–Crippen MR) is 74.4 cm³/mol. The normalized spacial score (nSPS) is 23.4. The minimum absolute atomic E-state index is 0.306. The molecule has 2 nitrogen and oxygen atoms in total. The Morgan fingerprint density at radius 3 is 2.88 bits per heavy atom. The van der Waals surface area contributed by atoms with E-state index in [1.54, 1.807) is 0 Å². The maximum absolute atomic E-state index is 6.08. The molecule has 0 amide bonds. The van der Waals surface area contributed by atoms with Crippen LogP contribution in [0, 0.1) is 5.92 Å². The van der Waals surface area contributed by atoms with Crippen LogP contribution in [0.15, 0.2) is 22.7 Å². The lowest BCUT2D eigenvalue weighted by atomic mass is 9.91. The van der Waals surface area contributed by atoms with Gasteiger partial charge < -0.3 is 10.1 Å². The summed E-state index contributed by atoms with van der Waals surface area (Å²) in [5.74, 6) is 1.57. The van der Waals surface area contributed by atoms with E-state index in [0.717, 1.165) is 23.2 Å². The van der Waals surface area contributed by atoms with Gasteiger partial charge >= 0.3 is 0 Å². The lowest BCUT2D eigenvalue weighted by molar-refractivity contribution is 0.108. The zero-order chi connectivity index (χ0) is 12.4. The quantitative estimate of drug-likeness (QED) is 0.913. The third-order valence-electron chi connectivity index (χ3n) is 3.29. The molecule has 0 aliphatic carbocycles. The molecule has 0 radical (unpaired) electrons. The van der Waals surface area contributed by atoms with Crippen molar-refractivity contribution in [3.63, 3.8) is 0 Å². The lowest BCUT2D eigenvalue weighted by Crippen LogP contribution is -2.35. The lowest BCUT2D eigenvalue weighted by Gasteiger charge is -2.34. The molecule has 1 N–H and O–H groups in total. The number of nitrogens with one attached hydrogen (secondary N) is 1. The van der Waals surface area contributed by atoms with Crippen LogP contribution < -0.4 is 10.1 Å². The summed E-state index contributed by atoms with van der Waals surface area (Å²) < 4.78 is 7.16. The van der Waals surface area contributed by atoms with Crippen LogP contribution in [-0.2, 0) is 0 Å². The summed E-state index contributed by atoms with van der Waals surface area (Å²) in [6.45, 7) is 7.58. The van der Waals surface area contributed by atoms with Gasteiger partial charge in [-0.1, -0.05) is 42.8 Å². The van der Waals surface area contributed by atoms with Gasteiger partial charge in [0, 0.05) is 22.5 Å². The molecule has 0 saturated carbocycles. The third kappa shape index (κ3) is 2.83. The molecule has 0 bridgehead atoms. The van der Waals surface area contributed by atoms with Crippen LogP contribution in [0.2, 0.25) is 0 Å². The Labute approximate surface area is 112 Å². The van der Waals surface area contributed by atoms with E-state index in [-0.39, 0.29) is 0 Å². The van der Waals surface area contributed by atoms with Crippen molar-refractivity contribution in [2.24, 2.45) is 5.92 Å². The summed E-state index contributed by atoms with van der Waals surface area (Å²) in [7, 11) is 0. The Morgan fingerprint density at radius 1 is 1.47 bits per heavy atom. The van der Waals surface area contributed by atoms with E-state index in [9.17, 15) is 0 Å². The first kappa shape index (κ1) is 12.9. The van der Waals surface area contributed by atoms with Crippen LogP contribution in [0.25, 0.3) is 0 Å². The maximum atomic E-state index is 6.08. The molecule has 94 valence electrons. The van der Waals surface area contributed by atoms with E-state index >= 15 is 0 Å². The summed E-state index contributed by atoms with van der Waals surface area (Å²) in [6.07, 6.45) is 1.36. The largest absolute Gasteiger partial charge is 0.490 e. The Kier molecular flexibility index (Phi) is 4.10. The van der Waals surface area contributed by atoms with Crippen molar-refractivity contribution < 1.29 is 4.74 Å². The fourth-order valence-electron chi connectivity index (χ4n) is 2.32. The molecule has 0 aromatic heterocycles. The van der Waals surface area contributed by atoms with Gasteiger partial charge in [0.1, 0.15) is 11.9 Å². The van der Waals surface area contributed by atoms with E-state index in [1.807, 2.05) is 0 Å². The Morgan fingerprint density at radius 2 is 2.24 bits per heavy atom. The van der Waals surface area contributed by atoms with E-state index < -0.39 is 0 Å². The Bertz CT molecular complexity index is 392. The zero-order valence-electron chi connectivity index (χ0n) is 10.7. The molecule has 2 unspecified atom stereocenters. The first-order valence-corrected chi connectivity index (χ1v) is 7.10. The molecule has 0 fully saturated rings. The number of ether oxygens (including phenoxy) is 1. The second-order valence-electron chi connectivity index (χ2n) is 4.93. The van der Waals surface area contributed by atoms with Crippen molar-refractivity contribution in [3.8, 4) is 5.75 Å². The number of fused-ring (bicyclic) bond motifs is 1. The van der Waals surface area contributed by atoms with E-state index in [1.165, 1.54) is 5.56 Å². The minimum Gasteiger partial charge on any atom is -0.490 e. The van der Waals surface area contributed by atoms with E-state index in [4.69, 9.17) is 4.74 Å². The van der Waals surface area contributed by atoms with Crippen molar-refractivity contribution in [1.82, 2.24) is 5.32 Å². The molecule has 2 rings (SSSR count). The highest BCUT2D eigenvalue weighted by molar-refractivity contribution is 9.10. The van der Waals surface area contributed by atoms with Crippen molar-refractivity contribution in [2.75, 3.05) is 6.54 Å². The van der Waals surface area contributed by atoms with Gasteiger partial charge in [0.25, 0.3) is 0 Å². The van der Waals surface area contributed by atoms with Gasteiger partial charge in [-0.2, -0.15) is 0 Å². The fraction of sp³-hybridized carbons (Fsp3) is 0.571. The zero-order valence-corrected chi connectivity index (χ0v) is 12.3. The van der Waals surface area contributed by atoms with Gasteiger partial charge in [-0.05, 0) is 24.6 Å². The highest BCUT2D eigenvalue weighted by Crippen LogP contribution is 2.38. The minimum atomic E-state index is 0.306. The van der Waals surface area contributed by atoms with Gasteiger partial charge in [0.15, 0.2) is 0 Å². The molecule has 1 aliphatic heterocycles. The predicted octanol–water partition coefficient (Wildman–Crippen LogP) is 3.91. The Balaban J connectivity index is 2.31. The molecule has 1 aromatic carbocycles. The highest BCUT2D eigenvalue weighted by Gasteiger charge is 2.29. The number of hydrogen-bond donors (Lipinski definition) is 1. The Hall–Kier alpha value is -0.540. The number of halogens is 1. The summed E-state index contributed by atoms with van der Waals surface area (Å²) in [5.41, 5.74) is 1.28. The van der Waals surface area contributed by atoms with Gasteiger partial charge in [0.2, 0.25) is 0 Å². The molecule has 0 spiro atoms. The molecule has 1 aromatic rings. The van der Waals surface area contributed by atoms with E-state index in [2.05, 4.69) is 60.2 Å². The highest BCUT2D eigenvalue weighted by atomic mass is 79.9. The average molecular weight is 298 g/mol. The van der Waals surface area contributed by atoms with E-state index in [0.29, 0.717) is 18.1 Å². The van der Waals surface area contributed by atoms with Crippen molar-refractivity contribution in [3.05, 3.63) is 28.2 Å². The number of rotatable bonds is 3. The molecular weight excluding hydrogens is 278 g/mol. The van der Waals surface area contributed by atoms with Gasteiger partial charge in [-0.15, -0.1) is 0 Å². The third-order valence-corrected chi connectivity index (χ3v) is 3.78. The monoisotopic (exact) mass is 297 g/mol. The average Bonchev–Trinajstić information content (AvgIpc) is 2.28. The SMILES string of the molecule is CCNC1CC(C(C)C)Oc2cc(Br)ccc21. The van der Waals surface area contributed by atoms with Crippen LogP contribution >= 0.6 is 15.9 Å². The second-order valence-corrected chi connectivity index (χ2v) is 5.84.